The van der Waals surface area contributed by atoms with Crippen molar-refractivity contribution in [3.63, 3.8) is 0 Å². The van der Waals surface area contributed by atoms with Gasteiger partial charge in [-0.2, -0.15) is 5.10 Å². The van der Waals surface area contributed by atoms with E-state index in [1.54, 1.807) is 12.3 Å². The lowest BCUT2D eigenvalue weighted by atomic mass is 9.86. The summed E-state index contributed by atoms with van der Waals surface area (Å²) in [6.45, 7) is 2.40. The maximum Gasteiger partial charge on any atom is 0.261 e. The van der Waals surface area contributed by atoms with E-state index in [0.29, 0.717) is 41.6 Å². The summed E-state index contributed by atoms with van der Waals surface area (Å²) in [7, 11) is 0. The van der Waals surface area contributed by atoms with Gasteiger partial charge in [-0.1, -0.05) is 17.4 Å². The number of piperidine rings is 1. The Kier molecular flexibility index (Phi) is 6.85. The van der Waals surface area contributed by atoms with E-state index in [4.69, 9.17) is 4.74 Å². The van der Waals surface area contributed by atoms with Crippen LogP contribution >= 0.6 is 39.7 Å². The molecule has 3 aromatic rings. The minimum atomic E-state index is -0.873. The van der Waals surface area contributed by atoms with Gasteiger partial charge in [-0.3, -0.25) is 9.48 Å². The van der Waals surface area contributed by atoms with Crippen LogP contribution in [0.15, 0.2) is 34.9 Å². The molecule has 2 N–H and O–H groups in total. The minimum absolute atomic E-state index is 0. The van der Waals surface area contributed by atoms with Crippen LogP contribution in [-0.2, 0) is 6.54 Å². The number of aromatic nitrogens is 2. The van der Waals surface area contributed by atoms with E-state index >= 15 is 0 Å². The molecule has 0 unspecified atom stereocenters. The van der Waals surface area contributed by atoms with Crippen molar-refractivity contribution in [2.75, 3.05) is 19.7 Å². The number of fused-ring (bicyclic) bond motifs is 3. The van der Waals surface area contributed by atoms with E-state index in [1.807, 2.05) is 10.7 Å². The first-order chi connectivity index (χ1) is 15.0. The van der Waals surface area contributed by atoms with Gasteiger partial charge in [0.05, 0.1) is 33.3 Å². The molecular formula is C21H20BrClF2N4O2S. The van der Waals surface area contributed by atoms with Crippen LogP contribution in [0.5, 0.6) is 5.06 Å². The molecule has 0 radical (unpaired) electrons. The number of benzene rings is 1. The summed E-state index contributed by atoms with van der Waals surface area (Å²) in [5.74, 6) is -2.07. The van der Waals surface area contributed by atoms with Crippen molar-refractivity contribution >= 4 is 45.6 Å². The zero-order valence-corrected chi connectivity index (χ0v) is 20.0. The fraction of sp³-hybridized carbons (Fsp3) is 0.333. The van der Waals surface area contributed by atoms with Gasteiger partial charge in [0.25, 0.3) is 5.91 Å². The molecule has 1 saturated heterocycles. The van der Waals surface area contributed by atoms with Crippen molar-refractivity contribution in [3.8, 4) is 16.3 Å². The second-order valence-corrected chi connectivity index (χ2v) is 9.45. The molecule has 0 bridgehead atoms. The smallest absolute Gasteiger partial charge is 0.261 e. The molecule has 4 heterocycles. The van der Waals surface area contributed by atoms with Crippen LogP contribution in [0.3, 0.4) is 0 Å². The second kappa shape index (κ2) is 9.46. The highest BCUT2D eigenvalue weighted by molar-refractivity contribution is 9.10. The summed E-state index contributed by atoms with van der Waals surface area (Å²) in [5, 5.41) is 11.4. The summed E-state index contributed by atoms with van der Waals surface area (Å²) >= 11 is 4.82. The van der Waals surface area contributed by atoms with Gasteiger partial charge in [0.1, 0.15) is 6.61 Å². The third kappa shape index (κ3) is 4.28. The number of rotatable bonds is 3. The van der Waals surface area contributed by atoms with Gasteiger partial charge >= 0.3 is 0 Å². The van der Waals surface area contributed by atoms with Crippen LogP contribution in [0.4, 0.5) is 8.78 Å². The van der Waals surface area contributed by atoms with Crippen molar-refractivity contribution in [1.29, 1.82) is 0 Å². The average molecular weight is 546 g/mol. The van der Waals surface area contributed by atoms with E-state index in [9.17, 15) is 13.6 Å². The second-order valence-electron chi connectivity index (χ2n) is 7.58. The van der Waals surface area contributed by atoms with Gasteiger partial charge < -0.3 is 15.4 Å². The molecule has 2 aliphatic rings. The predicted octanol–water partition coefficient (Wildman–Crippen LogP) is 4.34. The zero-order valence-electron chi connectivity index (χ0n) is 16.7. The Hall–Kier alpha value is -2.01. The number of carbonyl (C=O) groups is 1. The number of carbonyl (C=O) groups excluding carboxylic acids is 1. The van der Waals surface area contributed by atoms with Gasteiger partial charge in [0, 0.05) is 18.5 Å². The fourth-order valence-electron chi connectivity index (χ4n) is 4.17. The molecule has 1 fully saturated rings. The van der Waals surface area contributed by atoms with Crippen molar-refractivity contribution in [2.24, 2.45) is 0 Å². The molecule has 0 aliphatic carbocycles. The van der Waals surface area contributed by atoms with Crippen LogP contribution in [0, 0.1) is 11.6 Å². The first kappa shape index (κ1) is 23.2. The van der Waals surface area contributed by atoms with Crippen molar-refractivity contribution in [3.05, 3.63) is 57.0 Å². The molecule has 1 aromatic carbocycles. The van der Waals surface area contributed by atoms with E-state index in [1.165, 1.54) is 17.4 Å². The van der Waals surface area contributed by atoms with Gasteiger partial charge in [-0.05, 0) is 52.7 Å². The summed E-state index contributed by atoms with van der Waals surface area (Å²) in [4.78, 5) is 13.6. The highest BCUT2D eigenvalue weighted by Crippen LogP contribution is 2.42. The SMILES string of the molecule is Cl.O=C(N[C@H]1CNCC[C@@H]1c1ccc(F)c(F)c1)c1cc2c(s1)OCCn1ncc(Br)c1-2. The van der Waals surface area contributed by atoms with Crippen LogP contribution in [0.25, 0.3) is 11.3 Å². The van der Waals surface area contributed by atoms with E-state index in [2.05, 4.69) is 31.7 Å². The van der Waals surface area contributed by atoms with Crippen LogP contribution in [-0.4, -0.2) is 41.4 Å². The largest absolute Gasteiger partial charge is 0.481 e. The summed E-state index contributed by atoms with van der Waals surface area (Å²) in [5.41, 5.74) is 2.40. The van der Waals surface area contributed by atoms with Crippen molar-refractivity contribution in [1.82, 2.24) is 20.4 Å². The Labute approximate surface area is 201 Å². The molecular weight excluding hydrogens is 526 g/mol. The number of hydrogen-bond acceptors (Lipinski definition) is 5. The topological polar surface area (TPSA) is 68.2 Å². The highest BCUT2D eigenvalue weighted by Gasteiger charge is 2.30. The van der Waals surface area contributed by atoms with Gasteiger partial charge in [-0.15, -0.1) is 12.4 Å². The van der Waals surface area contributed by atoms with Crippen LogP contribution < -0.4 is 15.4 Å². The lowest BCUT2D eigenvalue weighted by molar-refractivity contribution is 0.0928. The van der Waals surface area contributed by atoms with Gasteiger partial charge in [0.2, 0.25) is 0 Å². The molecule has 2 aliphatic heterocycles. The molecule has 0 spiro atoms. The number of ether oxygens (including phenoxy) is 1. The molecule has 2 atom stereocenters. The van der Waals surface area contributed by atoms with E-state index in [0.717, 1.165) is 28.3 Å². The lowest BCUT2D eigenvalue weighted by Crippen LogP contribution is -2.49. The molecule has 2 aromatic heterocycles. The van der Waals surface area contributed by atoms with Crippen molar-refractivity contribution < 1.29 is 18.3 Å². The monoisotopic (exact) mass is 544 g/mol. The zero-order chi connectivity index (χ0) is 21.5. The summed E-state index contributed by atoms with van der Waals surface area (Å²) in [6, 6.07) is 5.53. The Morgan fingerprint density at radius 2 is 2.16 bits per heavy atom. The first-order valence-corrected chi connectivity index (χ1v) is 11.6. The molecule has 170 valence electrons. The first-order valence-electron chi connectivity index (χ1n) is 9.96. The Morgan fingerprint density at radius 1 is 1.31 bits per heavy atom. The maximum absolute atomic E-state index is 13.8. The third-order valence-corrected chi connectivity index (χ3v) is 7.30. The maximum atomic E-state index is 13.8. The Morgan fingerprint density at radius 3 is 2.97 bits per heavy atom. The molecule has 6 nitrogen and oxygen atoms in total. The van der Waals surface area contributed by atoms with Crippen LogP contribution in [0.2, 0.25) is 0 Å². The predicted molar refractivity (Wildman–Crippen MR) is 124 cm³/mol. The number of halogens is 4. The molecule has 32 heavy (non-hydrogen) atoms. The number of amides is 1. The summed E-state index contributed by atoms with van der Waals surface area (Å²) in [6.07, 6.45) is 2.45. The average Bonchev–Trinajstić information content (AvgIpc) is 3.29. The Bertz CT molecular complexity index is 1160. The molecule has 1 amide bonds. The highest BCUT2D eigenvalue weighted by atomic mass is 79.9. The van der Waals surface area contributed by atoms with Gasteiger partial charge in [-0.25, -0.2) is 8.78 Å². The minimum Gasteiger partial charge on any atom is -0.481 e. The fourth-order valence-corrected chi connectivity index (χ4v) is 5.62. The molecule has 0 saturated carbocycles. The van der Waals surface area contributed by atoms with Gasteiger partial charge in [0.15, 0.2) is 16.7 Å². The number of thiophene rings is 1. The number of nitrogens with one attached hydrogen (secondary N) is 2. The van der Waals surface area contributed by atoms with Crippen molar-refractivity contribution in [2.45, 2.75) is 24.9 Å². The van der Waals surface area contributed by atoms with E-state index < -0.39 is 11.6 Å². The summed E-state index contributed by atoms with van der Waals surface area (Å²) < 4.78 is 35.7. The van der Waals surface area contributed by atoms with E-state index in [-0.39, 0.29) is 30.3 Å². The molecule has 5 rings (SSSR count). The normalized spacial score (nSPS) is 19.7. The number of nitrogens with zero attached hydrogens (tertiary/aromatic N) is 2. The molecule has 11 heteroatoms. The lowest BCUT2D eigenvalue weighted by Gasteiger charge is -2.33. The Balaban J connectivity index is 0.00000245. The van der Waals surface area contributed by atoms with Crippen LogP contribution in [0.1, 0.15) is 27.6 Å². The quantitative estimate of drug-likeness (QED) is 0.514. The standard InChI is InChI=1S/C21H19BrF2N4O2S.ClH/c22-14-9-26-28-5-6-30-21-13(19(14)28)8-18(31-21)20(29)27-17-10-25-4-3-12(17)11-1-2-15(23)16(24)7-11;/h1-2,7-9,12,17,25H,3-6,10H2,(H,27,29);1H/t12-,17+;/m1./s1. The third-order valence-electron chi connectivity index (χ3n) is 5.68. The number of hydrogen-bond donors (Lipinski definition) is 2.